The van der Waals surface area contributed by atoms with Crippen molar-refractivity contribution in [3.8, 4) is 0 Å². The summed E-state index contributed by atoms with van der Waals surface area (Å²) in [4.78, 5) is 31.3. The lowest BCUT2D eigenvalue weighted by molar-refractivity contribution is -0.128. The fraction of sp³-hybridized carbons (Fsp3) is 0.708. The van der Waals surface area contributed by atoms with Gasteiger partial charge < -0.3 is 16.0 Å². The Morgan fingerprint density at radius 2 is 1.90 bits per heavy atom. The Balaban J connectivity index is 1.20. The highest BCUT2D eigenvalue weighted by Crippen LogP contribution is 2.65. The second-order valence-electron chi connectivity index (χ2n) is 10.7. The van der Waals surface area contributed by atoms with Gasteiger partial charge in [0.25, 0.3) is 0 Å². The number of aromatic nitrogens is 1. The Bertz CT molecular complexity index is 853. The number of piperidine rings is 1. The number of nitrogens with one attached hydrogen (secondary N) is 1. The molecule has 168 valence electrons. The molecule has 6 nitrogen and oxygen atoms in total. The molecule has 3 N–H and O–H groups in total. The number of hydrogen-bond donors (Lipinski definition) is 2. The number of nitrogens with two attached hydrogens (primary N) is 1. The van der Waals surface area contributed by atoms with E-state index in [1.807, 2.05) is 12.1 Å². The summed E-state index contributed by atoms with van der Waals surface area (Å²) >= 11 is 4.05. The smallest absolute Gasteiger partial charge is 0.220 e. The van der Waals surface area contributed by atoms with Crippen molar-refractivity contribution >= 4 is 33.6 Å². The van der Waals surface area contributed by atoms with E-state index in [2.05, 4.69) is 31.1 Å². The standard InChI is InChI=1S/C24H33BrN4O2/c25-24-11-16-8-17(12-24)10-23(9-16,15-24)13-20(30)28-14-19-2-1-5-27-22(19)29-6-3-18(4-7-29)21(26)31/h1-2,5,16-18H,3-4,6-15H2,(H2,26,31)(H,28,30). The molecule has 4 bridgehead atoms. The van der Waals surface area contributed by atoms with E-state index >= 15 is 0 Å². The minimum absolute atomic E-state index is 0.0406. The van der Waals surface area contributed by atoms with Crippen LogP contribution in [0.25, 0.3) is 0 Å². The Morgan fingerprint density at radius 1 is 1.19 bits per heavy atom. The van der Waals surface area contributed by atoms with E-state index in [9.17, 15) is 9.59 Å². The third-order valence-corrected chi connectivity index (χ3v) is 9.11. The summed E-state index contributed by atoms with van der Waals surface area (Å²) in [5.74, 6) is 2.42. The number of rotatable bonds is 6. The lowest BCUT2D eigenvalue weighted by Gasteiger charge is -2.60. The molecule has 5 fully saturated rings. The van der Waals surface area contributed by atoms with Crippen molar-refractivity contribution in [1.29, 1.82) is 0 Å². The van der Waals surface area contributed by atoms with Crippen molar-refractivity contribution in [3.05, 3.63) is 23.9 Å². The molecule has 1 saturated heterocycles. The van der Waals surface area contributed by atoms with Crippen LogP contribution < -0.4 is 16.0 Å². The molecule has 2 atom stereocenters. The van der Waals surface area contributed by atoms with Crippen LogP contribution in [0, 0.1) is 23.2 Å². The second kappa shape index (κ2) is 8.05. The van der Waals surface area contributed by atoms with E-state index < -0.39 is 0 Å². The van der Waals surface area contributed by atoms with E-state index in [1.54, 1.807) is 6.20 Å². The first kappa shape index (κ1) is 21.2. The van der Waals surface area contributed by atoms with Gasteiger partial charge in [-0.2, -0.15) is 0 Å². The summed E-state index contributed by atoms with van der Waals surface area (Å²) < 4.78 is 0.283. The number of hydrogen-bond acceptors (Lipinski definition) is 4. The van der Waals surface area contributed by atoms with Crippen LogP contribution in [-0.4, -0.2) is 34.2 Å². The average Bonchev–Trinajstić information content (AvgIpc) is 2.70. The Morgan fingerprint density at radius 3 is 2.55 bits per heavy atom. The number of halogens is 1. The van der Waals surface area contributed by atoms with E-state index in [0.717, 1.165) is 55.6 Å². The zero-order valence-corrected chi connectivity index (χ0v) is 19.7. The molecule has 4 aliphatic carbocycles. The molecule has 2 heterocycles. The van der Waals surface area contributed by atoms with Crippen LogP contribution in [0.2, 0.25) is 0 Å². The van der Waals surface area contributed by atoms with Crippen molar-refractivity contribution in [1.82, 2.24) is 10.3 Å². The van der Waals surface area contributed by atoms with Gasteiger partial charge in [-0.1, -0.05) is 22.0 Å². The molecule has 1 aromatic rings. The van der Waals surface area contributed by atoms with Crippen LogP contribution in [0.15, 0.2) is 18.3 Å². The van der Waals surface area contributed by atoms with Crippen molar-refractivity contribution in [2.45, 2.75) is 68.7 Å². The van der Waals surface area contributed by atoms with Crippen LogP contribution in [0.1, 0.15) is 63.4 Å². The number of carbonyl (C=O) groups excluding carboxylic acids is 2. The largest absolute Gasteiger partial charge is 0.369 e. The number of primary amides is 1. The van der Waals surface area contributed by atoms with Gasteiger partial charge in [0, 0.05) is 48.1 Å². The first-order valence-electron chi connectivity index (χ1n) is 11.8. The molecule has 5 aliphatic rings. The van der Waals surface area contributed by atoms with Gasteiger partial charge in [0.1, 0.15) is 5.82 Å². The Hall–Kier alpha value is -1.63. The predicted octanol–water partition coefficient (Wildman–Crippen LogP) is 3.52. The monoisotopic (exact) mass is 488 g/mol. The van der Waals surface area contributed by atoms with Gasteiger partial charge in [-0.25, -0.2) is 4.98 Å². The van der Waals surface area contributed by atoms with Gasteiger partial charge in [-0.3, -0.25) is 9.59 Å². The van der Waals surface area contributed by atoms with Crippen LogP contribution >= 0.6 is 15.9 Å². The van der Waals surface area contributed by atoms with Crippen molar-refractivity contribution in [2.75, 3.05) is 18.0 Å². The number of amides is 2. The molecular weight excluding hydrogens is 456 g/mol. The quantitative estimate of drug-likeness (QED) is 0.599. The van der Waals surface area contributed by atoms with Crippen molar-refractivity contribution in [2.24, 2.45) is 28.9 Å². The third kappa shape index (κ3) is 4.35. The highest BCUT2D eigenvalue weighted by atomic mass is 79.9. The molecule has 1 aromatic heterocycles. The first-order valence-corrected chi connectivity index (χ1v) is 12.6. The normalized spacial score (nSPS) is 34.7. The van der Waals surface area contributed by atoms with Gasteiger partial charge in [-0.15, -0.1) is 0 Å². The second-order valence-corrected chi connectivity index (χ2v) is 12.4. The lowest BCUT2D eigenvalue weighted by atomic mass is 9.48. The number of nitrogens with zero attached hydrogens (tertiary/aromatic N) is 2. The van der Waals surface area contributed by atoms with Gasteiger partial charge >= 0.3 is 0 Å². The summed E-state index contributed by atoms with van der Waals surface area (Å²) in [6.45, 7) is 2.04. The summed E-state index contributed by atoms with van der Waals surface area (Å²) in [5.41, 5.74) is 6.69. The first-order chi connectivity index (χ1) is 14.8. The predicted molar refractivity (Wildman–Crippen MR) is 124 cm³/mol. The number of carbonyl (C=O) groups is 2. The lowest BCUT2D eigenvalue weighted by Crippen LogP contribution is -2.54. The van der Waals surface area contributed by atoms with Crippen LogP contribution in [0.3, 0.4) is 0 Å². The maximum absolute atomic E-state index is 13.0. The van der Waals surface area contributed by atoms with E-state index in [-0.39, 0.29) is 27.5 Å². The van der Waals surface area contributed by atoms with Crippen molar-refractivity contribution in [3.63, 3.8) is 0 Å². The minimum Gasteiger partial charge on any atom is -0.369 e. The number of pyridine rings is 1. The summed E-state index contributed by atoms with van der Waals surface area (Å²) in [7, 11) is 0. The van der Waals surface area contributed by atoms with Gasteiger partial charge in [0.15, 0.2) is 0 Å². The molecule has 2 unspecified atom stereocenters. The van der Waals surface area contributed by atoms with Gasteiger partial charge in [0.05, 0.1) is 0 Å². The van der Waals surface area contributed by atoms with Crippen molar-refractivity contribution < 1.29 is 9.59 Å². The number of anilines is 1. The molecule has 0 spiro atoms. The van der Waals surface area contributed by atoms with Gasteiger partial charge in [0.2, 0.25) is 11.8 Å². The fourth-order valence-corrected chi connectivity index (χ4v) is 8.88. The summed E-state index contributed by atoms with van der Waals surface area (Å²) in [5, 5.41) is 3.20. The fourth-order valence-electron chi connectivity index (χ4n) is 7.37. The van der Waals surface area contributed by atoms with Crippen LogP contribution in [0.4, 0.5) is 5.82 Å². The Kier molecular flexibility index (Phi) is 5.51. The van der Waals surface area contributed by atoms with E-state index in [0.29, 0.717) is 13.0 Å². The molecule has 31 heavy (non-hydrogen) atoms. The SMILES string of the molecule is NC(=O)C1CCN(c2ncccc2CNC(=O)CC23CC4CC(CC(Br)(C4)C2)C3)CC1. The highest BCUT2D eigenvalue weighted by Gasteiger charge is 2.57. The topological polar surface area (TPSA) is 88.3 Å². The average molecular weight is 489 g/mol. The molecule has 6 rings (SSSR count). The zero-order chi connectivity index (χ0) is 21.6. The molecular formula is C24H33BrN4O2. The summed E-state index contributed by atoms with van der Waals surface area (Å²) in [6.07, 6.45) is 11.5. The molecule has 7 heteroatoms. The highest BCUT2D eigenvalue weighted by molar-refractivity contribution is 9.10. The summed E-state index contributed by atoms with van der Waals surface area (Å²) in [6, 6.07) is 3.97. The minimum atomic E-state index is -0.205. The zero-order valence-electron chi connectivity index (χ0n) is 18.1. The maximum Gasteiger partial charge on any atom is 0.220 e. The Labute approximate surface area is 192 Å². The molecule has 4 saturated carbocycles. The van der Waals surface area contributed by atoms with E-state index in [4.69, 9.17) is 5.73 Å². The third-order valence-electron chi connectivity index (χ3n) is 8.19. The molecule has 0 radical (unpaired) electrons. The van der Waals surface area contributed by atoms with Gasteiger partial charge in [-0.05, 0) is 74.7 Å². The molecule has 0 aromatic carbocycles. The van der Waals surface area contributed by atoms with Crippen LogP contribution in [-0.2, 0) is 16.1 Å². The molecule has 2 amide bonds. The number of alkyl halides is 1. The maximum atomic E-state index is 13.0. The van der Waals surface area contributed by atoms with Crippen LogP contribution in [0.5, 0.6) is 0 Å². The molecule has 1 aliphatic heterocycles. The van der Waals surface area contributed by atoms with E-state index in [1.165, 1.54) is 32.1 Å².